The number of piperazine rings is 1. The van der Waals surface area contributed by atoms with E-state index in [1.165, 1.54) is 12.5 Å². The molecule has 2 aliphatic rings. The van der Waals surface area contributed by atoms with Crippen LogP contribution in [0, 0.1) is 5.92 Å². The summed E-state index contributed by atoms with van der Waals surface area (Å²) < 4.78 is 11.2. The molecule has 1 aromatic heterocycles. The van der Waals surface area contributed by atoms with E-state index in [1.807, 2.05) is 32.9 Å². The van der Waals surface area contributed by atoms with Crippen molar-refractivity contribution >= 4 is 18.1 Å². The Morgan fingerprint density at radius 2 is 1.93 bits per heavy atom. The maximum absolute atomic E-state index is 12.1. The third-order valence-corrected chi connectivity index (χ3v) is 5.50. The van der Waals surface area contributed by atoms with Gasteiger partial charge in [0, 0.05) is 44.7 Å². The van der Waals surface area contributed by atoms with Crippen LogP contribution in [0.1, 0.15) is 58.0 Å². The van der Waals surface area contributed by atoms with E-state index < -0.39 is 5.60 Å². The molecular formula is C23H35N3O4. The van der Waals surface area contributed by atoms with Gasteiger partial charge in [-0.15, -0.1) is 0 Å². The molecule has 0 spiro atoms. The van der Waals surface area contributed by atoms with Gasteiger partial charge in [0.05, 0.1) is 0 Å². The molecule has 3 rings (SSSR count). The Morgan fingerprint density at radius 3 is 2.57 bits per heavy atom. The van der Waals surface area contributed by atoms with Crippen LogP contribution in [0.3, 0.4) is 0 Å². The van der Waals surface area contributed by atoms with E-state index in [-0.39, 0.29) is 12.0 Å². The minimum atomic E-state index is -0.462. The molecular weight excluding hydrogens is 382 g/mol. The molecule has 1 aliphatic carbocycles. The summed E-state index contributed by atoms with van der Waals surface area (Å²) in [4.78, 5) is 28.2. The number of rotatable bonds is 7. The van der Waals surface area contributed by atoms with Crippen LogP contribution < -0.4 is 5.32 Å². The fraction of sp³-hybridized carbons (Fsp3) is 0.652. The van der Waals surface area contributed by atoms with Gasteiger partial charge in [0.2, 0.25) is 5.91 Å². The monoisotopic (exact) mass is 417 g/mol. The van der Waals surface area contributed by atoms with Crippen molar-refractivity contribution in [2.75, 3.05) is 39.3 Å². The standard InChI is InChI=1S/C23H35N3O4/c1-17-16-19(17)20-8-6-18(29-20)7-9-21(27)24-10-5-11-25-12-14-26(15-13-25)22(28)30-23(2,3)4/h6-9,17,19H,5,10-16H2,1-4H3,(H,24,27). The summed E-state index contributed by atoms with van der Waals surface area (Å²) in [6.45, 7) is 12.4. The number of nitrogens with one attached hydrogen (secondary N) is 1. The van der Waals surface area contributed by atoms with Crippen LogP contribution in [-0.4, -0.2) is 66.7 Å². The maximum atomic E-state index is 12.1. The molecule has 30 heavy (non-hydrogen) atoms. The zero-order chi connectivity index (χ0) is 21.7. The van der Waals surface area contributed by atoms with Gasteiger partial charge in [-0.25, -0.2) is 4.79 Å². The highest BCUT2D eigenvalue weighted by atomic mass is 16.6. The first kappa shape index (κ1) is 22.4. The van der Waals surface area contributed by atoms with Crippen LogP contribution in [0.2, 0.25) is 0 Å². The fourth-order valence-electron chi connectivity index (χ4n) is 3.59. The van der Waals surface area contributed by atoms with Gasteiger partial charge in [0.25, 0.3) is 0 Å². The molecule has 0 bridgehead atoms. The Kier molecular flexibility index (Phi) is 7.23. The highest BCUT2D eigenvalue weighted by molar-refractivity contribution is 5.91. The van der Waals surface area contributed by atoms with Crippen molar-refractivity contribution in [2.45, 2.75) is 52.1 Å². The van der Waals surface area contributed by atoms with E-state index >= 15 is 0 Å². The summed E-state index contributed by atoms with van der Waals surface area (Å²) in [5.74, 6) is 2.89. The van der Waals surface area contributed by atoms with E-state index in [0.29, 0.717) is 31.5 Å². The second kappa shape index (κ2) is 9.69. The molecule has 1 aromatic rings. The smallest absolute Gasteiger partial charge is 0.410 e. The summed E-state index contributed by atoms with van der Waals surface area (Å²) in [5.41, 5.74) is -0.462. The summed E-state index contributed by atoms with van der Waals surface area (Å²) in [7, 11) is 0. The second-order valence-corrected chi connectivity index (χ2v) is 9.35. The van der Waals surface area contributed by atoms with Crippen molar-refractivity contribution in [3.63, 3.8) is 0 Å². The molecule has 2 atom stereocenters. The Morgan fingerprint density at radius 1 is 1.23 bits per heavy atom. The number of ether oxygens (including phenoxy) is 1. The fourth-order valence-corrected chi connectivity index (χ4v) is 3.59. The molecule has 0 radical (unpaired) electrons. The van der Waals surface area contributed by atoms with Crippen molar-refractivity contribution in [2.24, 2.45) is 5.92 Å². The number of carbonyl (C=O) groups excluding carboxylic acids is 2. The van der Waals surface area contributed by atoms with Crippen LogP contribution in [0.5, 0.6) is 0 Å². The SMILES string of the molecule is CC1CC1c1ccc(C=CC(=O)NCCCN2CCN(C(=O)OC(C)(C)C)CC2)o1. The van der Waals surface area contributed by atoms with Gasteiger partial charge >= 0.3 is 6.09 Å². The number of hydrogen-bond acceptors (Lipinski definition) is 5. The predicted octanol–water partition coefficient (Wildman–Crippen LogP) is 3.48. The number of nitrogens with zero attached hydrogens (tertiary/aromatic N) is 2. The van der Waals surface area contributed by atoms with Crippen LogP contribution in [0.15, 0.2) is 22.6 Å². The zero-order valence-corrected chi connectivity index (χ0v) is 18.6. The molecule has 2 heterocycles. The molecule has 1 aliphatic heterocycles. The largest absolute Gasteiger partial charge is 0.461 e. The summed E-state index contributed by atoms with van der Waals surface area (Å²) in [5, 5.41) is 2.92. The first-order valence-corrected chi connectivity index (χ1v) is 11.0. The Hall–Kier alpha value is -2.28. The van der Waals surface area contributed by atoms with Crippen molar-refractivity contribution in [1.29, 1.82) is 0 Å². The third kappa shape index (κ3) is 6.90. The van der Waals surface area contributed by atoms with E-state index in [9.17, 15) is 9.59 Å². The van der Waals surface area contributed by atoms with Crippen LogP contribution in [-0.2, 0) is 9.53 Å². The van der Waals surface area contributed by atoms with Gasteiger partial charge in [-0.05, 0) is 64.3 Å². The van der Waals surface area contributed by atoms with Crippen molar-refractivity contribution in [3.8, 4) is 0 Å². The van der Waals surface area contributed by atoms with Gasteiger partial charge < -0.3 is 19.4 Å². The Bertz CT molecular complexity index is 757. The lowest BCUT2D eigenvalue weighted by atomic mass is 10.2. The van der Waals surface area contributed by atoms with Crippen molar-refractivity contribution in [3.05, 3.63) is 29.7 Å². The average Bonchev–Trinajstić information content (AvgIpc) is 3.22. The molecule has 7 nitrogen and oxygen atoms in total. The van der Waals surface area contributed by atoms with Gasteiger partial charge in [-0.1, -0.05) is 6.92 Å². The maximum Gasteiger partial charge on any atom is 0.410 e. The molecule has 0 aromatic carbocycles. The van der Waals surface area contributed by atoms with Crippen LogP contribution in [0.25, 0.3) is 6.08 Å². The normalized spacial score (nSPS) is 22.3. The van der Waals surface area contributed by atoms with Crippen molar-refractivity contribution < 1.29 is 18.7 Å². The summed E-state index contributed by atoms with van der Waals surface area (Å²) in [6, 6.07) is 3.93. The van der Waals surface area contributed by atoms with Gasteiger partial charge in [-0.3, -0.25) is 9.69 Å². The van der Waals surface area contributed by atoms with E-state index in [4.69, 9.17) is 9.15 Å². The molecule has 2 fully saturated rings. The number of furan rings is 1. The number of carbonyl (C=O) groups is 2. The van der Waals surface area contributed by atoms with Gasteiger partial charge in [0.15, 0.2) is 0 Å². The second-order valence-electron chi connectivity index (χ2n) is 9.35. The minimum absolute atomic E-state index is 0.109. The summed E-state index contributed by atoms with van der Waals surface area (Å²) in [6.07, 6.45) is 5.07. The third-order valence-electron chi connectivity index (χ3n) is 5.50. The van der Waals surface area contributed by atoms with E-state index in [1.54, 1.807) is 11.0 Å². The Balaban J connectivity index is 1.28. The average molecular weight is 418 g/mol. The molecule has 7 heteroatoms. The van der Waals surface area contributed by atoms with Gasteiger partial charge in [0.1, 0.15) is 17.1 Å². The zero-order valence-electron chi connectivity index (χ0n) is 18.6. The first-order valence-electron chi connectivity index (χ1n) is 11.0. The number of amides is 2. The highest BCUT2D eigenvalue weighted by Crippen LogP contribution is 2.47. The van der Waals surface area contributed by atoms with Gasteiger partial charge in [-0.2, -0.15) is 0 Å². The predicted molar refractivity (Wildman–Crippen MR) is 116 cm³/mol. The topological polar surface area (TPSA) is 75.0 Å². The van der Waals surface area contributed by atoms with E-state index in [0.717, 1.165) is 37.6 Å². The highest BCUT2D eigenvalue weighted by Gasteiger charge is 2.36. The van der Waals surface area contributed by atoms with Crippen LogP contribution >= 0.6 is 0 Å². The molecule has 166 valence electrons. The molecule has 2 amide bonds. The minimum Gasteiger partial charge on any atom is -0.461 e. The lowest BCUT2D eigenvalue weighted by molar-refractivity contribution is -0.116. The van der Waals surface area contributed by atoms with E-state index in [2.05, 4.69) is 17.1 Å². The summed E-state index contributed by atoms with van der Waals surface area (Å²) >= 11 is 0. The lowest BCUT2D eigenvalue weighted by Crippen LogP contribution is -2.50. The van der Waals surface area contributed by atoms with Crippen molar-refractivity contribution in [1.82, 2.24) is 15.1 Å². The molecule has 1 saturated heterocycles. The molecule has 1 N–H and O–H groups in total. The lowest BCUT2D eigenvalue weighted by Gasteiger charge is -2.35. The molecule has 2 unspecified atom stereocenters. The van der Waals surface area contributed by atoms with Crippen LogP contribution in [0.4, 0.5) is 4.79 Å². The first-order chi connectivity index (χ1) is 14.2. The number of hydrogen-bond donors (Lipinski definition) is 1. The molecule has 1 saturated carbocycles. The quantitative estimate of drug-likeness (QED) is 0.543. The Labute approximate surface area is 179 Å².